The zero-order valence-corrected chi connectivity index (χ0v) is 27.6. The van der Waals surface area contributed by atoms with Gasteiger partial charge in [0, 0.05) is 12.8 Å². The molecule has 5 nitrogen and oxygen atoms in total. The molecule has 1 N–H and O–H groups in total. The highest BCUT2D eigenvalue weighted by Crippen LogP contribution is 2.07. The second-order valence-electron chi connectivity index (χ2n) is 10.6. The van der Waals surface area contributed by atoms with Gasteiger partial charge in [0.15, 0.2) is 6.10 Å². The molecule has 0 aliphatic heterocycles. The number of allylic oxidation sites excluding steroid dienone is 16. The van der Waals surface area contributed by atoms with Crippen molar-refractivity contribution in [2.45, 2.75) is 123 Å². The lowest BCUT2D eigenvalue weighted by atomic mass is 10.1. The van der Waals surface area contributed by atoms with E-state index < -0.39 is 6.10 Å². The molecule has 0 fully saturated rings. The summed E-state index contributed by atoms with van der Waals surface area (Å²) in [6.45, 7) is 3.85. The van der Waals surface area contributed by atoms with Crippen molar-refractivity contribution in [1.29, 1.82) is 0 Å². The lowest BCUT2D eigenvalue weighted by Crippen LogP contribution is -2.28. The number of esters is 2. The van der Waals surface area contributed by atoms with Crippen molar-refractivity contribution in [1.82, 2.24) is 0 Å². The molecule has 44 heavy (non-hydrogen) atoms. The van der Waals surface area contributed by atoms with E-state index in [0.717, 1.165) is 57.8 Å². The number of ether oxygens (including phenoxy) is 2. The van der Waals surface area contributed by atoms with Gasteiger partial charge in [0.25, 0.3) is 0 Å². The molecule has 0 bridgehead atoms. The van der Waals surface area contributed by atoms with E-state index in [0.29, 0.717) is 12.8 Å². The van der Waals surface area contributed by atoms with Crippen molar-refractivity contribution in [3.8, 4) is 0 Å². The van der Waals surface area contributed by atoms with E-state index in [1.807, 2.05) is 36.5 Å². The van der Waals surface area contributed by atoms with Crippen LogP contribution >= 0.6 is 0 Å². The molecule has 0 aromatic rings. The molecule has 246 valence electrons. The average molecular weight is 609 g/mol. The van der Waals surface area contributed by atoms with Gasteiger partial charge in [-0.2, -0.15) is 0 Å². The molecule has 0 aromatic carbocycles. The smallest absolute Gasteiger partial charge is 0.306 e. The Morgan fingerprint density at radius 2 is 1.09 bits per heavy atom. The van der Waals surface area contributed by atoms with Gasteiger partial charge in [-0.1, -0.05) is 130 Å². The lowest BCUT2D eigenvalue weighted by Gasteiger charge is -2.15. The van der Waals surface area contributed by atoms with E-state index in [2.05, 4.69) is 74.6 Å². The van der Waals surface area contributed by atoms with Crippen molar-refractivity contribution < 1.29 is 24.2 Å². The molecule has 0 heterocycles. The van der Waals surface area contributed by atoms with Crippen LogP contribution in [0.2, 0.25) is 0 Å². The van der Waals surface area contributed by atoms with Crippen LogP contribution < -0.4 is 0 Å². The van der Waals surface area contributed by atoms with E-state index in [1.165, 1.54) is 25.7 Å². The van der Waals surface area contributed by atoms with E-state index in [4.69, 9.17) is 9.47 Å². The summed E-state index contributed by atoms with van der Waals surface area (Å²) < 4.78 is 10.5. The maximum atomic E-state index is 12.1. The normalized spacial score (nSPS) is 13.4. The van der Waals surface area contributed by atoms with Crippen molar-refractivity contribution in [3.63, 3.8) is 0 Å². The topological polar surface area (TPSA) is 72.8 Å². The fraction of sp³-hybridized carbons (Fsp3) is 0.538. The van der Waals surface area contributed by atoms with Crippen molar-refractivity contribution in [2.75, 3.05) is 13.2 Å². The molecule has 0 aliphatic carbocycles. The third-order valence-electron chi connectivity index (χ3n) is 6.46. The first-order valence-electron chi connectivity index (χ1n) is 16.8. The Bertz CT molecular complexity index is 917. The summed E-state index contributed by atoms with van der Waals surface area (Å²) in [5.41, 5.74) is 0. The number of hydrogen-bond acceptors (Lipinski definition) is 5. The van der Waals surface area contributed by atoms with E-state index in [1.54, 1.807) is 0 Å². The van der Waals surface area contributed by atoms with Gasteiger partial charge < -0.3 is 14.6 Å². The molecule has 5 heteroatoms. The first kappa shape index (κ1) is 40.8. The number of aliphatic hydroxyl groups excluding tert-OH is 1. The maximum absolute atomic E-state index is 12.1. The van der Waals surface area contributed by atoms with Gasteiger partial charge in [-0.25, -0.2) is 0 Å². The van der Waals surface area contributed by atoms with Crippen LogP contribution in [0, 0.1) is 0 Å². The zero-order chi connectivity index (χ0) is 32.2. The fourth-order valence-corrected chi connectivity index (χ4v) is 3.91. The van der Waals surface area contributed by atoms with Crippen LogP contribution in [-0.4, -0.2) is 36.4 Å². The van der Waals surface area contributed by atoms with Crippen LogP contribution in [0.25, 0.3) is 0 Å². The molecule has 0 aliphatic rings. The van der Waals surface area contributed by atoms with Crippen LogP contribution in [0.3, 0.4) is 0 Å². The highest BCUT2D eigenvalue weighted by molar-refractivity contribution is 5.70. The van der Waals surface area contributed by atoms with E-state index in [-0.39, 0.29) is 31.6 Å². The summed E-state index contributed by atoms with van der Waals surface area (Å²) in [5, 5.41) is 9.50. The Hall–Kier alpha value is -3.18. The quantitative estimate of drug-likeness (QED) is 0.0414. The zero-order valence-electron chi connectivity index (χ0n) is 27.6. The second kappa shape index (κ2) is 34.3. The monoisotopic (exact) mass is 608 g/mol. The summed E-state index contributed by atoms with van der Waals surface area (Å²) >= 11 is 0. The fourth-order valence-electron chi connectivity index (χ4n) is 3.91. The van der Waals surface area contributed by atoms with Crippen LogP contribution in [0.15, 0.2) is 97.2 Å². The van der Waals surface area contributed by atoms with E-state index in [9.17, 15) is 14.7 Å². The molecule has 0 saturated heterocycles. The first-order chi connectivity index (χ1) is 21.6. The van der Waals surface area contributed by atoms with Crippen molar-refractivity contribution in [3.05, 3.63) is 97.2 Å². The molecule has 0 radical (unpaired) electrons. The summed E-state index contributed by atoms with van der Waals surface area (Å²) in [5.74, 6) is -0.717. The van der Waals surface area contributed by atoms with Crippen LogP contribution in [0.5, 0.6) is 0 Å². The third kappa shape index (κ3) is 31.7. The molecule has 1 atom stereocenters. The SMILES string of the molecule is CC/C=C/C=C/C=C/C=C/CCCCCC(=O)OCC(CO)OC(=O)CCC/C=C/C/C=C/C/C=C/C/C=C/CCCCC. The third-order valence-corrected chi connectivity index (χ3v) is 6.46. The molecule has 1 unspecified atom stereocenters. The minimum absolute atomic E-state index is 0.115. The van der Waals surface area contributed by atoms with Crippen LogP contribution in [0.4, 0.5) is 0 Å². The number of unbranched alkanes of at least 4 members (excludes halogenated alkanes) is 7. The first-order valence-corrected chi connectivity index (χ1v) is 16.8. The van der Waals surface area contributed by atoms with E-state index >= 15 is 0 Å². The standard InChI is InChI=1S/C39H60O5/c1-3-5-7-9-11-13-15-17-18-19-20-22-24-26-28-30-32-34-39(42)44-37(35-40)36-43-38(41)33-31-29-27-25-23-21-16-14-12-10-8-6-4-2/h6,8,10-14,16-18,20-23,26,28,37,40H,3-5,7,9,15,19,24-25,27,29-36H2,1-2H3/b8-6+,12-10+,13-11+,16-14+,18-17+,22-20+,23-21+,28-26+. The Morgan fingerprint density at radius 3 is 1.70 bits per heavy atom. The predicted molar refractivity (Wildman–Crippen MR) is 186 cm³/mol. The Morgan fingerprint density at radius 1 is 0.568 bits per heavy atom. The van der Waals surface area contributed by atoms with Crippen LogP contribution in [-0.2, 0) is 19.1 Å². The summed E-state index contributed by atoms with van der Waals surface area (Å²) in [6.07, 6.45) is 47.5. The van der Waals surface area contributed by atoms with Gasteiger partial charge in [0.1, 0.15) is 6.61 Å². The average Bonchev–Trinajstić information content (AvgIpc) is 3.02. The highest BCUT2D eigenvalue weighted by Gasteiger charge is 2.15. The molecule has 0 amide bonds. The summed E-state index contributed by atoms with van der Waals surface area (Å²) in [4.78, 5) is 24.1. The van der Waals surface area contributed by atoms with Gasteiger partial charge in [0.05, 0.1) is 6.61 Å². The Labute approximate surface area is 268 Å². The largest absolute Gasteiger partial charge is 0.462 e. The molecule has 0 saturated carbocycles. The van der Waals surface area contributed by atoms with Gasteiger partial charge in [-0.05, 0) is 70.6 Å². The van der Waals surface area contributed by atoms with Gasteiger partial charge in [-0.3, -0.25) is 9.59 Å². The van der Waals surface area contributed by atoms with Crippen molar-refractivity contribution in [2.24, 2.45) is 0 Å². The summed E-state index contributed by atoms with van der Waals surface area (Å²) in [7, 11) is 0. The molecule has 0 aromatic heterocycles. The highest BCUT2D eigenvalue weighted by atomic mass is 16.6. The molecular formula is C39H60O5. The number of carbonyl (C=O) groups is 2. The number of rotatable bonds is 28. The second-order valence-corrected chi connectivity index (χ2v) is 10.6. The van der Waals surface area contributed by atoms with Gasteiger partial charge in [0.2, 0.25) is 0 Å². The summed E-state index contributed by atoms with van der Waals surface area (Å²) in [6, 6.07) is 0. The Balaban J connectivity index is 3.81. The van der Waals surface area contributed by atoms with Gasteiger partial charge in [-0.15, -0.1) is 0 Å². The predicted octanol–water partition coefficient (Wildman–Crippen LogP) is 10.2. The Kier molecular flexibility index (Phi) is 31.8. The lowest BCUT2D eigenvalue weighted by molar-refractivity contribution is -0.161. The number of hydrogen-bond donors (Lipinski definition) is 1. The van der Waals surface area contributed by atoms with Crippen LogP contribution in [0.1, 0.15) is 117 Å². The van der Waals surface area contributed by atoms with Gasteiger partial charge >= 0.3 is 11.9 Å². The molecule has 0 spiro atoms. The minimum Gasteiger partial charge on any atom is -0.462 e. The van der Waals surface area contributed by atoms with Crippen molar-refractivity contribution >= 4 is 11.9 Å². The molecule has 0 rings (SSSR count). The molecular weight excluding hydrogens is 548 g/mol. The minimum atomic E-state index is -0.821. The number of carbonyl (C=O) groups excluding carboxylic acids is 2. The maximum Gasteiger partial charge on any atom is 0.306 e. The number of aliphatic hydroxyl groups is 1.